The van der Waals surface area contributed by atoms with Gasteiger partial charge in [0.05, 0.1) is 26.4 Å². The number of hydrogen-bond acceptors (Lipinski definition) is 15. The van der Waals surface area contributed by atoms with Gasteiger partial charge in [-0.1, -0.05) is 245 Å². The molecule has 0 aromatic rings. The van der Waals surface area contributed by atoms with Crippen molar-refractivity contribution in [2.45, 2.75) is 316 Å². The van der Waals surface area contributed by atoms with Gasteiger partial charge in [0, 0.05) is 25.7 Å². The van der Waals surface area contributed by atoms with Gasteiger partial charge in [-0.2, -0.15) is 0 Å². The molecule has 488 valence electrons. The summed E-state index contributed by atoms with van der Waals surface area (Å²) >= 11 is 0. The highest BCUT2D eigenvalue weighted by Crippen LogP contribution is 2.45. The number of aliphatic hydroxyl groups excluding tert-OH is 1. The lowest BCUT2D eigenvalue weighted by molar-refractivity contribution is -0.161. The minimum absolute atomic E-state index is 0.0848. The van der Waals surface area contributed by atoms with Crippen LogP contribution in [0.5, 0.6) is 0 Å². The number of phosphoric ester groups is 2. The number of esters is 4. The molecule has 2 unspecified atom stereocenters. The maximum atomic E-state index is 13.0. The lowest BCUT2D eigenvalue weighted by Crippen LogP contribution is -2.30. The van der Waals surface area contributed by atoms with E-state index in [1.807, 2.05) is 0 Å². The fourth-order valence-corrected chi connectivity index (χ4v) is 10.6. The molecule has 0 heterocycles. The number of ether oxygens (including phenoxy) is 4. The average molecular weight is 1220 g/mol. The second kappa shape index (κ2) is 57.3. The summed E-state index contributed by atoms with van der Waals surface area (Å²) in [6.07, 6.45) is 44.1. The largest absolute Gasteiger partial charge is 0.472 e. The van der Waals surface area contributed by atoms with E-state index in [1.165, 1.54) is 83.5 Å². The summed E-state index contributed by atoms with van der Waals surface area (Å²) in [4.78, 5) is 71.9. The van der Waals surface area contributed by atoms with Crippen molar-refractivity contribution in [1.29, 1.82) is 0 Å². The van der Waals surface area contributed by atoms with Gasteiger partial charge >= 0.3 is 39.5 Å². The van der Waals surface area contributed by atoms with Crippen LogP contribution in [0.2, 0.25) is 0 Å². The first kappa shape index (κ1) is 80.5. The molecule has 5 atom stereocenters. The van der Waals surface area contributed by atoms with E-state index >= 15 is 0 Å². The zero-order chi connectivity index (χ0) is 61.3. The maximum Gasteiger partial charge on any atom is 0.472 e. The third-order valence-corrected chi connectivity index (χ3v) is 16.1. The molecule has 0 spiro atoms. The Labute approximate surface area is 503 Å². The van der Waals surface area contributed by atoms with E-state index in [0.29, 0.717) is 25.7 Å². The summed E-state index contributed by atoms with van der Waals surface area (Å²) < 4.78 is 67.7. The minimum atomic E-state index is -4.95. The quantitative estimate of drug-likeness (QED) is 0.0169. The highest BCUT2D eigenvalue weighted by molar-refractivity contribution is 7.47. The number of phosphoric acid groups is 2. The standard InChI is InChI=1S/C64H120O17P2/c1-6-9-12-15-18-19-20-21-22-23-26-30-35-40-45-50-64(69)81-60(54-75-62(67)48-43-38-34-29-27-24-25-28-33-36-41-46-57(4)5)56-79-83(72,73)77-52-58(65)51-76-82(70,71)78-55-59(80-63(68)49-44-39-32-17-14-11-8-3)53-74-61(66)47-42-37-31-16-13-10-7-2/h19-22,57-60,65H,6-18,23-56H2,1-5H3,(H,70,71)(H,72,73)/b20-19-,22-21-/t58-,59+,60+/m0/s1. The Kier molecular flexibility index (Phi) is 55.6. The molecule has 0 fully saturated rings. The SMILES string of the molecule is CCCCCC/C=C\C=C/CCCCCCCC(=O)O[C@H](COC(=O)CCCCCCCCCCCCCC(C)C)COP(=O)(O)OC[C@@H](O)COP(=O)(O)OC[C@@H](COC(=O)CCCCCCCCC)OC(=O)CCCCCCCCC. The monoisotopic (exact) mass is 1220 g/mol. The van der Waals surface area contributed by atoms with Crippen LogP contribution in [-0.2, 0) is 65.4 Å². The number of carbonyl (C=O) groups is 4. The summed E-state index contributed by atoms with van der Waals surface area (Å²) in [6, 6.07) is 0. The Bertz CT molecular complexity index is 1710. The molecule has 0 rings (SSSR count). The van der Waals surface area contributed by atoms with Crippen molar-refractivity contribution in [2.24, 2.45) is 5.92 Å². The number of allylic oxidation sites excluding steroid dienone is 4. The van der Waals surface area contributed by atoms with Gasteiger partial charge in [0.25, 0.3) is 0 Å². The van der Waals surface area contributed by atoms with Crippen molar-refractivity contribution >= 4 is 39.5 Å². The normalized spacial score (nSPS) is 14.4. The van der Waals surface area contributed by atoms with Crippen LogP contribution in [0.3, 0.4) is 0 Å². The van der Waals surface area contributed by atoms with Gasteiger partial charge in [-0.15, -0.1) is 0 Å². The molecule has 0 radical (unpaired) electrons. The number of rotatable bonds is 62. The number of hydrogen-bond donors (Lipinski definition) is 3. The molecule has 0 amide bonds. The van der Waals surface area contributed by atoms with Crippen molar-refractivity contribution in [3.8, 4) is 0 Å². The summed E-state index contributed by atoms with van der Waals surface area (Å²) in [5.41, 5.74) is 0. The van der Waals surface area contributed by atoms with E-state index in [1.54, 1.807) is 0 Å². The molecule has 0 aliphatic rings. The maximum absolute atomic E-state index is 13.0. The van der Waals surface area contributed by atoms with Crippen molar-refractivity contribution in [1.82, 2.24) is 0 Å². The Hall–Kier alpha value is -2.46. The molecule has 0 aromatic carbocycles. The number of unbranched alkanes of at least 4 members (excludes halogenated alkanes) is 31. The average Bonchev–Trinajstić information content (AvgIpc) is 3.46. The first-order valence-corrected chi connectivity index (χ1v) is 35.9. The molecule has 0 aliphatic carbocycles. The van der Waals surface area contributed by atoms with Crippen molar-refractivity contribution in [2.75, 3.05) is 39.6 Å². The summed E-state index contributed by atoms with van der Waals surface area (Å²) in [5, 5.41) is 10.5. The fraction of sp³-hybridized carbons (Fsp3) is 0.875. The zero-order valence-electron chi connectivity index (χ0n) is 52.8. The highest BCUT2D eigenvalue weighted by atomic mass is 31.2. The van der Waals surface area contributed by atoms with Crippen LogP contribution in [0.25, 0.3) is 0 Å². The van der Waals surface area contributed by atoms with Crippen LogP contribution in [0.4, 0.5) is 0 Å². The molecule has 3 N–H and O–H groups in total. The Morgan fingerprint density at radius 2 is 0.651 bits per heavy atom. The van der Waals surface area contributed by atoms with Gasteiger partial charge in [0.2, 0.25) is 0 Å². The van der Waals surface area contributed by atoms with Crippen LogP contribution in [0.15, 0.2) is 24.3 Å². The van der Waals surface area contributed by atoms with Gasteiger partial charge < -0.3 is 33.8 Å². The zero-order valence-corrected chi connectivity index (χ0v) is 54.6. The molecule has 0 bridgehead atoms. The smallest absolute Gasteiger partial charge is 0.462 e. The molecule has 83 heavy (non-hydrogen) atoms. The van der Waals surface area contributed by atoms with Gasteiger partial charge in [0.1, 0.15) is 19.3 Å². The second-order valence-corrected chi connectivity index (χ2v) is 25.8. The van der Waals surface area contributed by atoms with E-state index in [4.69, 9.17) is 37.0 Å². The topological polar surface area (TPSA) is 237 Å². The Balaban J connectivity index is 5.22. The van der Waals surface area contributed by atoms with E-state index in [9.17, 15) is 43.2 Å². The third-order valence-electron chi connectivity index (χ3n) is 14.2. The lowest BCUT2D eigenvalue weighted by Gasteiger charge is -2.21. The van der Waals surface area contributed by atoms with Crippen LogP contribution >= 0.6 is 15.6 Å². The third kappa shape index (κ3) is 58.3. The van der Waals surface area contributed by atoms with Gasteiger partial charge in [0.15, 0.2) is 12.2 Å². The van der Waals surface area contributed by atoms with Gasteiger partial charge in [-0.25, -0.2) is 9.13 Å². The van der Waals surface area contributed by atoms with Crippen LogP contribution in [0, 0.1) is 5.92 Å². The van der Waals surface area contributed by atoms with E-state index in [0.717, 1.165) is 134 Å². The Morgan fingerprint density at radius 3 is 0.988 bits per heavy atom. The van der Waals surface area contributed by atoms with Crippen LogP contribution in [-0.4, -0.2) is 96.7 Å². The molecule has 0 saturated heterocycles. The molecule has 19 heteroatoms. The molecular weight excluding hydrogens is 1100 g/mol. The van der Waals surface area contributed by atoms with Gasteiger partial charge in [-0.05, 0) is 57.3 Å². The van der Waals surface area contributed by atoms with Crippen molar-refractivity contribution < 1.29 is 80.2 Å². The fourth-order valence-electron chi connectivity index (χ4n) is 9.04. The highest BCUT2D eigenvalue weighted by Gasteiger charge is 2.30. The van der Waals surface area contributed by atoms with E-state index in [-0.39, 0.29) is 25.7 Å². The van der Waals surface area contributed by atoms with E-state index in [2.05, 4.69) is 58.9 Å². The van der Waals surface area contributed by atoms with Crippen LogP contribution < -0.4 is 0 Å². The minimum Gasteiger partial charge on any atom is -0.462 e. The van der Waals surface area contributed by atoms with E-state index < -0.39 is 97.5 Å². The second-order valence-electron chi connectivity index (χ2n) is 22.9. The van der Waals surface area contributed by atoms with Gasteiger partial charge in [-0.3, -0.25) is 37.3 Å². The number of aliphatic hydroxyl groups is 1. The van der Waals surface area contributed by atoms with Crippen molar-refractivity contribution in [3.63, 3.8) is 0 Å². The van der Waals surface area contributed by atoms with Crippen molar-refractivity contribution in [3.05, 3.63) is 24.3 Å². The predicted molar refractivity (Wildman–Crippen MR) is 331 cm³/mol. The molecule has 0 aromatic heterocycles. The Morgan fingerprint density at radius 1 is 0.373 bits per heavy atom. The molecule has 0 saturated carbocycles. The summed E-state index contributed by atoms with van der Waals surface area (Å²) in [7, 11) is -9.89. The molecule has 0 aliphatic heterocycles. The first-order chi connectivity index (χ1) is 40.0. The first-order valence-electron chi connectivity index (χ1n) is 33.0. The molecular formula is C64H120O17P2. The van der Waals surface area contributed by atoms with Crippen LogP contribution in [0.1, 0.15) is 298 Å². The number of carbonyl (C=O) groups excluding carboxylic acids is 4. The predicted octanol–water partition coefficient (Wildman–Crippen LogP) is 17.3. The molecule has 17 nitrogen and oxygen atoms in total. The summed E-state index contributed by atoms with van der Waals surface area (Å²) in [6.45, 7) is 7.04. The summed E-state index contributed by atoms with van der Waals surface area (Å²) in [5.74, 6) is -1.40. The lowest BCUT2D eigenvalue weighted by atomic mass is 10.0.